The van der Waals surface area contributed by atoms with Gasteiger partial charge < -0.3 is 9.47 Å². The standard InChI is InChI=1S/C15H21BrO2/c1-11(17-14(2,3)4)15(5,6)18-13-9-7-8-12(16)10-13/h7-10H,1H2,2-6H3. The van der Waals surface area contributed by atoms with Crippen molar-refractivity contribution in [2.24, 2.45) is 0 Å². The third-order valence-corrected chi connectivity index (χ3v) is 2.76. The highest BCUT2D eigenvalue weighted by Crippen LogP contribution is 2.28. The Balaban J connectivity index is 2.78. The normalized spacial score (nSPS) is 12.1. The molecule has 100 valence electrons. The third kappa shape index (κ3) is 4.73. The zero-order valence-corrected chi connectivity index (χ0v) is 13.3. The molecule has 0 atom stereocenters. The number of hydrogen-bond acceptors (Lipinski definition) is 2. The Kier molecular flexibility index (Phi) is 4.49. The van der Waals surface area contributed by atoms with Crippen molar-refractivity contribution in [2.45, 2.75) is 45.8 Å². The number of benzene rings is 1. The summed E-state index contributed by atoms with van der Waals surface area (Å²) in [5.41, 5.74) is -0.844. The van der Waals surface area contributed by atoms with Gasteiger partial charge >= 0.3 is 0 Å². The largest absolute Gasteiger partial charge is 0.489 e. The van der Waals surface area contributed by atoms with Gasteiger partial charge in [0.1, 0.15) is 17.1 Å². The second-order valence-electron chi connectivity index (χ2n) is 5.71. The molecule has 0 aliphatic heterocycles. The highest BCUT2D eigenvalue weighted by Gasteiger charge is 2.29. The molecule has 0 aromatic heterocycles. The van der Waals surface area contributed by atoms with Crippen molar-refractivity contribution >= 4 is 15.9 Å². The van der Waals surface area contributed by atoms with Gasteiger partial charge in [-0.05, 0) is 52.8 Å². The maximum Gasteiger partial charge on any atom is 0.159 e. The minimum atomic E-state index is -0.575. The van der Waals surface area contributed by atoms with Crippen molar-refractivity contribution < 1.29 is 9.47 Å². The van der Waals surface area contributed by atoms with E-state index in [0.717, 1.165) is 10.2 Å². The number of rotatable bonds is 4. The molecule has 0 aliphatic rings. The Hall–Kier alpha value is -0.960. The van der Waals surface area contributed by atoms with Crippen LogP contribution in [0.15, 0.2) is 41.1 Å². The zero-order chi connectivity index (χ0) is 14.0. The van der Waals surface area contributed by atoms with Crippen LogP contribution in [0, 0.1) is 0 Å². The van der Waals surface area contributed by atoms with Gasteiger partial charge in [0.2, 0.25) is 0 Å². The lowest BCUT2D eigenvalue weighted by atomic mass is 10.1. The maximum absolute atomic E-state index is 5.94. The lowest BCUT2D eigenvalue weighted by molar-refractivity contribution is -0.0125. The average molecular weight is 313 g/mol. The number of hydrogen-bond donors (Lipinski definition) is 0. The second-order valence-corrected chi connectivity index (χ2v) is 6.62. The first-order valence-electron chi connectivity index (χ1n) is 5.93. The molecule has 1 rings (SSSR count). The molecule has 18 heavy (non-hydrogen) atoms. The summed E-state index contributed by atoms with van der Waals surface area (Å²) in [7, 11) is 0. The molecule has 1 aromatic rings. The summed E-state index contributed by atoms with van der Waals surface area (Å²) in [6.45, 7) is 13.8. The lowest BCUT2D eigenvalue weighted by Crippen LogP contribution is -2.35. The van der Waals surface area contributed by atoms with Crippen LogP contribution in [0.2, 0.25) is 0 Å². The van der Waals surface area contributed by atoms with Gasteiger partial charge in [-0.2, -0.15) is 0 Å². The van der Waals surface area contributed by atoms with Gasteiger partial charge in [0.25, 0.3) is 0 Å². The molecule has 0 unspecified atom stereocenters. The van der Waals surface area contributed by atoms with E-state index in [2.05, 4.69) is 22.5 Å². The van der Waals surface area contributed by atoms with Crippen LogP contribution in [0.4, 0.5) is 0 Å². The van der Waals surface area contributed by atoms with Crippen molar-refractivity contribution in [2.75, 3.05) is 0 Å². The van der Waals surface area contributed by atoms with Gasteiger partial charge in [-0.15, -0.1) is 0 Å². The van der Waals surface area contributed by atoms with Gasteiger partial charge in [-0.1, -0.05) is 28.6 Å². The van der Waals surface area contributed by atoms with Crippen LogP contribution in [-0.2, 0) is 4.74 Å². The topological polar surface area (TPSA) is 18.5 Å². The molecule has 0 N–H and O–H groups in total. The lowest BCUT2D eigenvalue weighted by Gasteiger charge is -2.33. The molecule has 0 heterocycles. The predicted octanol–water partition coefficient (Wildman–Crippen LogP) is 4.94. The fourth-order valence-electron chi connectivity index (χ4n) is 1.37. The molecule has 0 saturated carbocycles. The van der Waals surface area contributed by atoms with E-state index in [-0.39, 0.29) is 5.60 Å². The summed E-state index contributed by atoms with van der Waals surface area (Å²) < 4.78 is 12.7. The quantitative estimate of drug-likeness (QED) is 0.733. The summed E-state index contributed by atoms with van der Waals surface area (Å²) >= 11 is 3.42. The summed E-state index contributed by atoms with van der Waals surface area (Å²) in [6.07, 6.45) is 0. The summed E-state index contributed by atoms with van der Waals surface area (Å²) in [5, 5.41) is 0. The fraction of sp³-hybridized carbons (Fsp3) is 0.467. The Bertz CT molecular complexity index is 430. The van der Waals surface area contributed by atoms with Crippen molar-refractivity contribution in [3.05, 3.63) is 41.1 Å². The van der Waals surface area contributed by atoms with Gasteiger partial charge in [0, 0.05) is 4.47 Å². The van der Waals surface area contributed by atoms with Crippen LogP contribution < -0.4 is 4.74 Å². The van der Waals surface area contributed by atoms with E-state index in [1.165, 1.54) is 0 Å². The number of halogens is 1. The molecule has 0 spiro atoms. The molecule has 1 aromatic carbocycles. The molecule has 0 amide bonds. The first kappa shape index (κ1) is 15.1. The highest BCUT2D eigenvalue weighted by molar-refractivity contribution is 9.10. The van der Waals surface area contributed by atoms with Gasteiger partial charge in [0.05, 0.1) is 0 Å². The first-order valence-corrected chi connectivity index (χ1v) is 6.72. The van der Waals surface area contributed by atoms with Crippen LogP contribution in [0.1, 0.15) is 34.6 Å². The molecule has 0 saturated heterocycles. The first-order chi connectivity index (χ1) is 8.10. The SMILES string of the molecule is C=C(OC(C)(C)C)C(C)(C)Oc1cccc(Br)c1. The minimum absolute atomic E-state index is 0.269. The van der Waals surface area contributed by atoms with Gasteiger partial charge in [-0.3, -0.25) is 0 Å². The summed E-state index contributed by atoms with van der Waals surface area (Å²) in [6, 6.07) is 7.73. The Morgan fingerprint density at radius 2 is 1.78 bits per heavy atom. The van der Waals surface area contributed by atoms with E-state index in [0.29, 0.717) is 5.76 Å². The molecular formula is C15H21BrO2. The molecular weight excluding hydrogens is 292 g/mol. The second kappa shape index (κ2) is 5.35. The molecule has 0 aliphatic carbocycles. The predicted molar refractivity (Wildman–Crippen MR) is 78.8 cm³/mol. The van der Waals surface area contributed by atoms with E-state index in [1.54, 1.807) is 0 Å². The molecule has 2 nitrogen and oxygen atoms in total. The maximum atomic E-state index is 5.94. The van der Waals surface area contributed by atoms with Crippen LogP contribution in [0.5, 0.6) is 5.75 Å². The van der Waals surface area contributed by atoms with Crippen LogP contribution in [0.25, 0.3) is 0 Å². The Labute approximate surface area is 118 Å². The van der Waals surface area contributed by atoms with Crippen LogP contribution in [0.3, 0.4) is 0 Å². The fourth-order valence-corrected chi connectivity index (χ4v) is 1.75. The molecule has 0 bridgehead atoms. The minimum Gasteiger partial charge on any atom is -0.489 e. The molecule has 3 heteroatoms. The summed E-state index contributed by atoms with van der Waals surface area (Å²) in [5.74, 6) is 1.41. The monoisotopic (exact) mass is 312 g/mol. The zero-order valence-electron chi connectivity index (χ0n) is 11.7. The van der Waals surface area contributed by atoms with E-state index in [9.17, 15) is 0 Å². The summed E-state index contributed by atoms with van der Waals surface area (Å²) in [4.78, 5) is 0. The van der Waals surface area contributed by atoms with Gasteiger partial charge in [-0.25, -0.2) is 0 Å². The van der Waals surface area contributed by atoms with Crippen LogP contribution >= 0.6 is 15.9 Å². The smallest absolute Gasteiger partial charge is 0.159 e. The van der Waals surface area contributed by atoms with Crippen molar-refractivity contribution in [3.8, 4) is 5.75 Å². The van der Waals surface area contributed by atoms with Crippen molar-refractivity contribution in [3.63, 3.8) is 0 Å². The van der Waals surface area contributed by atoms with E-state index >= 15 is 0 Å². The Morgan fingerprint density at radius 1 is 1.17 bits per heavy atom. The molecule has 0 fully saturated rings. The van der Waals surface area contributed by atoms with Crippen molar-refractivity contribution in [1.29, 1.82) is 0 Å². The third-order valence-electron chi connectivity index (χ3n) is 2.27. The Morgan fingerprint density at radius 3 is 2.28 bits per heavy atom. The van der Waals surface area contributed by atoms with E-state index in [1.807, 2.05) is 58.9 Å². The highest BCUT2D eigenvalue weighted by atomic mass is 79.9. The van der Waals surface area contributed by atoms with Crippen molar-refractivity contribution in [1.82, 2.24) is 0 Å². The van der Waals surface area contributed by atoms with E-state index in [4.69, 9.17) is 9.47 Å². The van der Waals surface area contributed by atoms with Gasteiger partial charge in [0.15, 0.2) is 5.60 Å². The number of ether oxygens (including phenoxy) is 2. The van der Waals surface area contributed by atoms with E-state index < -0.39 is 5.60 Å². The van der Waals surface area contributed by atoms with Crippen LogP contribution in [-0.4, -0.2) is 11.2 Å². The molecule has 0 radical (unpaired) electrons. The average Bonchev–Trinajstić information content (AvgIpc) is 2.13.